The summed E-state index contributed by atoms with van der Waals surface area (Å²) in [6.07, 6.45) is 0. The van der Waals surface area contributed by atoms with Gasteiger partial charge in [-0.25, -0.2) is 0 Å². The number of benzene rings is 1. The van der Waals surface area contributed by atoms with Crippen LogP contribution in [-0.2, 0) is 11.3 Å². The predicted octanol–water partition coefficient (Wildman–Crippen LogP) is 1.56. The normalized spacial score (nSPS) is 10.5. The number of nitrogens with zero attached hydrogens (tertiary/aromatic N) is 2. The second kappa shape index (κ2) is 5.61. The Labute approximate surface area is 108 Å². The molecule has 1 heterocycles. The van der Waals surface area contributed by atoms with Crippen LogP contribution in [-0.4, -0.2) is 27.8 Å². The van der Waals surface area contributed by atoms with Gasteiger partial charge in [-0.05, 0) is 12.1 Å². The lowest BCUT2D eigenvalue weighted by atomic mass is 10.2. The molecule has 0 amide bonds. The molecule has 7 heteroatoms. The summed E-state index contributed by atoms with van der Waals surface area (Å²) in [5.41, 5.74) is 0.746. The molecule has 1 aromatic heterocycles. The summed E-state index contributed by atoms with van der Waals surface area (Å²) >= 11 is 5.86. The topological polar surface area (TPSA) is 88.2 Å². The Morgan fingerprint density at radius 1 is 1.50 bits per heavy atom. The van der Waals surface area contributed by atoms with Crippen molar-refractivity contribution in [1.29, 1.82) is 0 Å². The van der Waals surface area contributed by atoms with Gasteiger partial charge in [0.25, 0.3) is 0 Å². The molecule has 6 nitrogen and oxygen atoms in total. The van der Waals surface area contributed by atoms with Crippen LogP contribution in [0.2, 0.25) is 5.02 Å². The van der Waals surface area contributed by atoms with Crippen LogP contribution in [0.15, 0.2) is 28.8 Å². The summed E-state index contributed by atoms with van der Waals surface area (Å²) in [4.78, 5) is 14.4. The second-order valence-electron chi connectivity index (χ2n) is 3.52. The zero-order valence-corrected chi connectivity index (χ0v) is 10.0. The summed E-state index contributed by atoms with van der Waals surface area (Å²) in [5, 5.41) is 15.5. The van der Waals surface area contributed by atoms with Crippen molar-refractivity contribution >= 4 is 17.6 Å². The quantitative estimate of drug-likeness (QED) is 0.855. The maximum Gasteiger partial charge on any atom is 0.317 e. The number of halogens is 1. The fourth-order valence-corrected chi connectivity index (χ4v) is 1.54. The smallest absolute Gasteiger partial charge is 0.317 e. The van der Waals surface area contributed by atoms with Gasteiger partial charge in [-0.15, -0.1) is 0 Å². The Kier molecular flexibility index (Phi) is 3.91. The summed E-state index contributed by atoms with van der Waals surface area (Å²) < 4.78 is 4.98. The average Bonchev–Trinajstić information content (AvgIpc) is 2.77. The number of hydrogen-bond donors (Lipinski definition) is 2. The van der Waals surface area contributed by atoms with E-state index in [-0.39, 0.29) is 13.1 Å². The van der Waals surface area contributed by atoms with Crippen molar-refractivity contribution in [3.63, 3.8) is 0 Å². The van der Waals surface area contributed by atoms with E-state index in [1.165, 1.54) is 0 Å². The van der Waals surface area contributed by atoms with Crippen LogP contribution < -0.4 is 5.32 Å². The minimum Gasteiger partial charge on any atom is -0.480 e. The molecule has 18 heavy (non-hydrogen) atoms. The van der Waals surface area contributed by atoms with Crippen molar-refractivity contribution in [3.8, 4) is 11.4 Å². The molecular formula is C11H10ClN3O3. The standard InChI is InChI=1S/C11H10ClN3O3/c12-8-3-1-2-7(4-8)11-14-9(18-15-11)5-13-6-10(16)17/h1-4,13H,5-6H2,(H,16,17). The number of carboxylic acids is 1. The van der Waals surface area contributed by atoms with E-state index < -0.39 is 5.97 Å². The van der Waals surface area contributed by atoms with Crippen molar-refractivity contribution in [1.82, 2.24) is 15.5 Å². The fourth-order valence-electron chi connectivity index (χ4n) is 1.35. The van der Waals surface area contributed by atoms with Crippen molar-refractivity contribution in [2.75, 3.05) is 6.54 Å². The SMILES string of the molecule is O=C(O)CNCc1nc(-c2cccc(Cl)c2)no1. The highest BCUT2D eigenvalue weighted by Crippen LogP contribution is 2.19. The Morgan fingerprint density at radius 3 is 3.06 bits per heavy atom. The molecule has 0 saturated carbocycles. The van der Waals surface area contributed by atoms with Crippen LogP contribution in [0.1, 0.15) is 5.89 Å². The van der Waals surface area contributed by atoms with Gasteiger partial charge in [0.1, 0.15) is 0 Å². The third-order valence-corrected chi connectivity index (χ3v) is 2.34. The first kappa shape index (κ1) is 12.5. The van der Waals surface area contributed by atoms with Crippen LogP contribution in [0.4, 0.5) is 0 Å². The maximum absolute atomic E-state index is 10.3. The maximum atomic E-state index is 10.3. The molecule has 0 spiro atoms. The van der Waals surface area contributed by atoms with E-state index in [1.807, 2.05) is 6.07 Å². The monoisotopic (exact) mass is 267 g/mol. The Balaban J connectivity index is 2.04. The number of hydrogen-bond acceptors (Lipinski definition) is 5. The molecule has 1 aromatic carbocycles. The Hall–Kier alpha value is -1.92. The largest absolute Gasteiger partial charge is 0.480 e. The molecule has 0 aliphatic heterocycles. The van der Waals surface area contributed by atoms with Gasteiger partial charge in [0.15, 0.2) is 0 Å². The minimum absolute atomic E-state index is 0.158. The Bertz CT molecular complexity index is 556. The molecule has 0 aliphatic rings. The van der Waals surface area contributed by atoms with Crippen LogP contribution >= 0.6 is 11.6 Å². The van der Waals surface area contributed by atoms with Crippen LogP contribution in [0, 0.1) is 0 Å². The number of aliphatic carboxylic acids is 1. The van der Waals surface area contributed by atoms with Crippen molar-refractivity contribution < 1.29 is 14.4 Å². The predicted molar refractivity (Wildman–Crippen MR) is 64.1 cm³/mol. The lowest BCUT2D eigenvalue weighted by molar-refractivity contribution is -0.136. The van der Waals surface area contributed by atoms with E-state index in [9.17, 15) is 4.79 Å². The lowest BCUT2D eigenvalue weighted by Gasteiger charge is -1.95. The van der Waals surface area contributed by atoms with Crippen LogP contribution in [0.3, 0.4) is 0 Å². The number of carbonyl (C=O) groups is 1. The van der Waals surface area contributed by atoms with Gasteiger partial charge in [-0.3, -0.25) is 10.1 Å². The van der Waals surface area contributed by atoms with Gasteiger partial charge < -0.3 is 9.63 Å². The molecule has 0 saturated heterocycles. The van der Waals surface area contributed by atoms with E-state index in [0.717, 1.165) is 5.56 Å². The van der Waals surface area contributed by atoms with Crippen LogP contribution in [0.25, 0.3) is 11.4 Å². The summed E-state index contributed by atoms with van der Waals surface area (Å²) in [6.45, 7) is 0.0503. The van der Waals surface area contributed by atoms with E-state index in [1.54, 1.807) is 18.2 Å². The van der Waals surface area contributed by atoms with Gasteiger partial charge in [-0.2, -0.15) is 4.98 Å². The van der Waals surface area contributed by atoms with Crippen molar-refractivity contribution in [3.05, 3.63) is 35.2 Å². The lowest BCUT2D eigenvalue weighted by Crippen LogP contribution is -2.21. The van der Waals surface area contributed by atoms with Gasteiger partial charge in [0, 0.05) is 10.6 Å². The zero-order chi connectivity index (χ0) is 13.0. The first-order valence-corrected chi connectivity index (χ1v) is 5.54. The first-order chi connectivity index (χ1) is 8.65. The first-order valence-electron chi connectivity index (χ1n) is 5.16. The number of rotatable bonds is 5. The van der Waals surface area contributed by atoms with Crippen molar-refractivity contribution in [2.45, 2.75) is 6.54 Å². The molecule has 0 radical (unpaired) electrons. The molecule has 94 valence electrons. The van der Waals surface area contributed by atoms with Gasteiger partial charge in [0.05, 0.1) is 13.1 Å². The molecule has 0 unspecified atom stereocenters. The molecule has 0 aliphatic carbocycles. The molecular weight excluding hydrogens is 258 g/mol. The highest BCUT2D eigenvalue weighted by atomic mass is 35.5. The van der Waals surface area contributed by atoms with Crippen molar-refractivity contribution in [2.24, 2.45) is 0 Å². The van der Waals surface area contributed by atoms with Gasteiger partial charge in [-0.1, -0.05) is 28.9 Å². The molecule has 2 aromatic rings. The molecule has 0 fully saturated rings. The minimum atomic E-state index is -0.940. The van der Waals surface area contributed by atoms with E-state index >= 15 is 0 Å². The average molecular weight is 268 g/mol. The third-order valence-electron chi connectivity index (χ3n) is 2.10. The zero-order valence-electron chi connectivity index (χ0n) is 9.26. The molecule has 0 atom stereocenters. The molecule has 0 bridgehead atoms. The number of aromatic nitrogens is 2. The summed E-state index contributed by atoms with van der Waals surface area (Å²) in [5.74, 6) is -0.194. The second-order valence-corrected chi connectivity index (χ2v) is 3.96. The molecule has 2 N–H and O–H groups in total. The summed E-state index contributed by atoms with van der Waals surface area (Å²) in [6, 6.07) is 7.07. The van der Waals surface area contributed by atoms with Gasteiger partial charge >= 0.3 is 5.97 Å². The highest BCUT2D eigenvalue weighted by molar-refractivity contribution is 6.30. The van der Waals surface area contributed by atoms with E-state index in [0.29, 0.717) is 16.7 Å². The van der Waals surface area contributed by atoms with Crippen LogP contribution in [0.5, 0.6) is 0 Å². The van der Waals surface area contributed by atoms with E-state index in [2.05, 4.69) is 15.5 Å². The fraction of sp³-hybridized carbons (Fsp3) is 0.182. The number of carboxylic acid groups (broad SMARTS) is 1. The van der Waals surface area contributed by atoms with Gasteiger partial charge in [0.2, 0.25) is 11.7 Å². The highest BCUT2D eigenvalue weighted by Gasteiger charge is 2.08. The molecule has 2 rings (SSSR count). The number of nitrogens with one attached hydrogen (secondary N) is 1. The van der Waals surface area contributed by atoms with E-state index in [4.69, 9.17) is 21.2 Å². The Morgan fingerprint density at radius 2 is 2.33 bits per heavy atom. The summed E-state index contributed by atoms with van der Waals surface area (Å²) in [7, 11) is 0. The third kappa shape index (κ3) is 3.28.